The molecule has 3 aromatic rings. The second-order valence-electron chi connectivity index (χ2n) is 7.27. The Labute approximate surface area is 189 Å². The van der Waals surface area contributed by atoms with Crippen molar-refractivity contribution in [3.05, 3.63) is 106 Å². The van der Waals surface area contributed by atoms with Crippen molar-refractivity contribution in [3.63, 3.8) is 0 Å². The SMILES string of the molecule is CCN(Cc1ccccc1)C1=C(c2ccc(Cl)cc2)C(=O)N(c2ccc(F)cc2F)C1=O. The van der Waals surface area contributed by atoms with Crippen LogP contribution < -0.4 is 4.90 Å². The molecule has 1 aliphatic heterocycles. The van der Waals surface area contributed by atoms with Gasteiger partial charge in [0.25, 0.3) is 11.8 Å². The number of amides is 2. The predicted molar refractivity (Wildman–Crippen MR) is 120 cm³/mol. The fourth-order valence-electron chi connectivity index (χ4n) is 3.72. The molecule has 0 unspecified atom stereocenters. The fraction of sp³-hybridized carbons (Fsp3) is 0.120. The van der Waals surface area contributed by atoms with Crippen molar-refractivity contribution in [1.82, 2.24) is 4.90 Å². The van der Waals surface area contributed by atoms with Crippen LogP contribution in [0, 0.1) is 11.6 Å². The third kappa shape index (κ3) is 4.01. The van der Waals surface area contributed by atoms with Crippen molar-refractivity contribution in [2.24, 2.45) is 0 Å². The number of nitrogens with zero attached hydrogens (tertiary/aromatic N) is 2. The molecule has 1 aliphatic rings. The monoisotopic (exact) mass is 452 g/mol. The number of carbonyl (C=O) groups excluding carboxylic acids is 2. The summed E-state index contributed by atoms with van der Waals surface area (Å²) in [5.74, 6) is -3.13. The molecule has 0 saturated carbocycles. The highest BCUT2D eigenvalue weighted by atomic mass is 35.5. The van der Waals surface area contributed by atoms with E-state index in [2.05, 4.69) is 0 Å². The topological polar surface area (TPSA) is 40.6 Å². The first kappa shape index (κ1) is 21.7. The van der Waals surface area contributed by atoms with E-state index in [9.17, 15) is 18.4 Å². The van der Waals surface area contributed by atoms with Crippen LogP contribution in [0.25, 0.3) is 5.57 Å². The van der Waals surface area contributed by atoms with E-state index in [1.807, 2.05) is 37.3 Å². The van der Waals surface area contributed by atoms with Gasteiger partial charge in [-0.1, -0.05) is 54.1 Å². The van der Waals surface area contributed by atoms with E-state index in [4.69, 9.17) is 11.6 Å². The molecule has 4 rings (SSSR count). The third-order valence-electron chi connectivity index (χ3n) is 5.26. The maximum absolute atomic E-state index is 14.6. The third-order valence-corrected chi connectivity index (χ3v) is 5.51. The average molecular weight is 453 g/mol. The van der Waals surface area contributed by atoms with Crippen molar-refractivity contribution >= 4 is 34.7 Å². The molecule has 0 atom stereocenters. The summed E-state index contributed by atoms with van der Waals surface area (Å²) in [7, 11) is 0. The Bertz CT molecular complexity index is 1210. The normalized spacial score (nSPS) is 13.8. The van der Waals surface area contributed by atoms with Gasteiger partial charge < -0.3 is 4.90 Å². The highest BCUT2D eigenvalue weighted by molar-refractivity contribution is 6.45. The van der Waals surface area contributed by atoms with Gasteiger partial charge in [0.2, 0.25) is 0 Å². The maximum Gasteiger partial charge on any atom is 0.282 e. The molecular formula is C25H19ClF2N2O2. The number of anilines is 1. The Morgan fingerprint density at radius 2 is 1.59 bits per heavy atom. The van der Waals surface area contributed by atoms with Gasteiger partial charge in [0, 0.05) is 24.2 Å². The van der Waals surface area contributed by atoms with Gasteiger partial charge in [-0.2, -0.15) is 0 Å². The quantitative estimate of drug-likeness (QED) is 0.468. The predicted octanol–water partition coefficient (Wildman–Crippen LogP) is 5.42. The van der Waals surface area contributed by atoms with Crippen LogP contribution in [0.5, 0.6) is 0 Å². The highest BCUT2D eigenvalue weighted by Gasteiger charge is 2.43. The summed E-state index contributed by atoms with van der Waals surface area (Å²) < 4.78 is 28.0. The molecule has 0 N–H and O–H groups in total. The van der Waals surface area contributed by atoms with E-state index < -0.39 is 23.4 Å². The summed E-state index contributed by atoms with van der Waals surface area (Å²) >= 11 is 6.00. The molecule has 0 bridgehead atoms. The van der Waals surface area contributed by atoms with Gasteiger partial charge >= 0.3 is 0 Å². The Morgan fingerprint density at radius 1 is 0.906 bits per heavy atom. The van der Waals surface area contributed by atoms with Crippen LogP contribution in [0.2, 0.25) is 5.02 Å². The van der Waals surface area contributed by atoms with E-state index >= 15 is 0 Å². The minimum absolute atomic E-state index is 0.146. The smallest absolute Gasteiger partial charge is 0.282 e. The molecule has 0 fully saturated rings. The first-order valence-corrected chi connectivity index (χ1v) is 10.4. The molecule has 7 heteroatoms. The van der Waals surface area contributed by atoms with Gasteiger partial charge in [0.1, 0.15) is 17.3 Å². The molecule has 32 heavy (non-hydrogen) atoms. The van der Waals surface area contributed by atoms with Gasteiger partial charge in [0.05, 0.1) is 11.3 Å². The van der Waals surface area contributed by atoms with E-state index in [1.54, 1.807) is 29.2 Å². The summed E-state index contributed by atoms with van der Waals surface area (Å²) in [6, 6.07) is 18.8. The van der Waals surface area contributed by atoms with Crippen molar-refractivity contribution < 1.29 is 18.4 Å². The van der Waals surface area contributed by atoms with Gasteiger partial charge in [0.15, 0.2) is 0 Å². The highest BCUT2D eigenvalue weighted by Crippen LogP contribution is 2.36. The first-order valence-electron chi connectivity index (χ1n) is 10.0. The number of hydrogen-bond donors (Lipinski definition) is 0. The lowest BCUT2D eigenvalue weighted by Gasteiger charge is -2.25. The van der Waals surface area contributed by atoms with Crippen LogP contribution in [0.1, 0.15) is 18.1 Å². The Kier molecular flexibility index (Phi) is 6.06. The summed E-state index contributed by atoms with van der Waals surface area (Å²) in [5.41, 5.74) is 1.45. The zero-order valence-electron chi connectivity index (χ0n) is 17.2. The summed E-state index contributed by atoms with van der Waals surface area (Å²) in [6.07, 6.45) is 0. The number of hydrogen-bond acceptors (Lipinski definition) is 3. The molecule has 0 aliphatic carbocycles. The zero-order chi connectivity index (χ0) is 22.8. The van der Waals surface area contributed by atoms with E-state index in [0.29, 0.717) is 29.7 Å². The van der Waals surface area contributed by atoms with Crippen LogP contribution >= 0.6 is 11.6 Å². The Hall–Kier alpha value is -3.51. The second-order valence-corrected chi connectivity index (χ2v) is 7.71. The zero-order valence-corrected chi connectivity index (χ0v) is 17.9. The summed E-state index contributed by atoms with van der Waals surface area (Å²) in [4.78, 5) is 29.5. The molecule has 0 spiro atoms. The lowest BCUT2D eigenvalue weighted by molar-refractivity contribution is -0.120. The fourth-order valence-corrected chi connectivity index (χ4v) is 3.85. The average Bonchev–Trinajstić information content (AvgIpc) is 3.04. The molecule has 1 heterocycles. The van der Waals surface area contributed by atoms with Gasteiger partial charge in [-0.25, -0.2) is 13.7 Å². The van der Waals surface area contributed by atoms with Gasteiger partial charge in [-0.05, 0) is 42.3 Å². The molecule has 2 amide bonds. The molecular weight excluding hydrogens is 434 g/mol. The van der Waals surface area contributed by atoms with Crippen molar-refractivity contribution in [2.45, 2.75) is 13.5 Å². The largest absolute Gasteiger partial charge is 0.362 e. The van der Waals surface area contributed by atoms with Gasteiger partial charge in [-0.15, -0.1) is 0 Å². The van der Waals surface area contributed by atoms with Gasteiger partial charge in [-0.3, -0.25) is 9.59 Å². The van der Waals surface area contributed by atoms with Crippen molar-refractivity contribution in [1.29, 1.82) is 0 Å². The second kappa shape index (κ2) is 8.93. The molecule has 4 nitrogen and oxygen atoms in total. The number of rotatable bonds is 6. The van der Waals surface area contributed by atoms with Crippen LogP contribution in [0.3, 0.4) is 0 Å². The van der Waals surface area contributed by atoms with Crippen LogP contribution in [0.4, 0.5) is 14.5 Å². The lowest BCUT2D eigenvalue weighted by atomic mass is 10.0. The maximum atomic E-state index is 14.6. The summed E-state index contributed by atoms with van der Waals surface area (Å²) in [5, 5.41) is 0.478. The van der Waals surface area contributed by atoms with E-state index in [1.165, 1.54) is 0 Å². The Balaban J connectivity index is 1.85. The van der Waals surface area contributed by atoms with Crippen LogP contribution in [0.15, 0.2) is 78.5 Å². The first-order chi connectivity index (χ1) is 15.4. The van der Waals surface area contributed by atoms with Crippen molar-refractivity contribution in [2.75, 3.05) is 11.4 Å². The number of imide groups is 1. The number of likely N-dealkylation sites (N-methyl/N-ethyl adjacent to an activating group) is 1. The molecule has 0 saturated heterocycles. The van der Waals surface area contributed by atoms with Crippen LogP contribution in [-0.4, -0.2) is 23.3 Å². The minimum Gasteiger partial charge on any atom is -0.362 e. The molecule has 0 aromatic heterocycles. The van der Waals surface area contributed by atoms with E-state index in [0.717, 1.165) is 22.6 Å². The number of halogens is 3. The lowest BCUT2D eigenvalue weighted by Crippen LogP contribution is -2.35. The standard InChI is InChI=1S/C25H19ClF2N2O2/c1-2-29(15-16-6-4-3-5-7-16)23-22(17-8-10-18(26)11-9-17)24(31)30(25(23)32)21-13-12-19(27)14-20(21)28/h3-14H,2,15H2,1H3. The van der Waals surface area contributed by atoms with Crippen LogP contribution in [-0.2, 0) is 16.1 Å². The molecule has 162 valence electrons. The molecule has 0 radical (unpaired) electrons. The number of carbonyl (C=O) groups is 2. The minimum atomic E-state index is -0.991. The van der Waals surface area contributed by atoms with Crippen molar-refractivity contribution in [3.8, 4) is 0 Å². The Morgan fingerprint density at radius 3 is 2.22 bits per heavy atom. The number of benzene rings is 3. The summed E-state index contributed by atoms with van der Waals surface area (Å²) in [6.45, 7) is 2.68. The van der Waals surface area contributed by atoms with E-state index in [-0.39, 0.29) is 17.0 Å². The molecule has 3 aromatic carbocycles.